The largest absolute Gasteiger partial charge is 0.364 e. The number of aromatic nitrogens is 1. The molecule has 6 heteroatoms. The first kappa shape index (κ1) is 10.2. The minimum atomic E-state index is -0.460. The summed E-state index contributed by atoms with van der Waals surface area (Å²) < 4.78 is 0. The molecule has 0 bridgehead atoms. The van der Waals surface area contributed by atoms with Gasteiger partial charge in [0, 0.05) is 12.6 Å². The molecule has 0 radical (unpaired) electrons. The molecule has 0 atom stereocenters. The van der Waals surface area contributed by atoms with Crippen molar-refractivity contribution in [2.45, 2.75) is 12.8 Å². The summed E-state index contributed by atoms with van der Waals surface area (Å²) in [7, 11) is 0. The van der Waals surface area contributed by atoms with Crippen LogP contribution in [0.3, 0.4) is 0 Å². The second-order valence-corrected chi connectivity index (χ2v) is 3.97. The third-order valence-electron chi connectivity index (χ3n) is 2.29. The summed E-state index contributed by atoms with van der Waals surface area (Å²) in [4.78, 5) is 14.1. The van der Waals surface area contributed by atoms with Gasteiger partial charge in [0.2, 0.25) is 5.82 Å². The number of nitrogens with zero attached hydrogens (tertiary/aromatic N) is 2. The highest BCUT2D eigenvalue weighted by molar-refractivity contribution is 6.29. The van der Waals surface area contributed by atoms with E-state index in [1.54, 1.807) is 0 Å². The van der Waals surface area contributed by atoms with Gasteiger partial charge in [-0.2, -0.15) is 0 Å². The SMILES string of the molecule is O=[N+]([O-])c1ccc(Cl)nc1NCC1CC1. The molecule has 1 aromatic heterocycles. The minimum absolute atomic E-state index is 0.0277. The average molecular weight is 228 g/mol. The van der Waals surface area contributed by atoms with E-state index in [1.807, 2.05) is 0 Å². The van der Waals surface area contributed by atoms with Crippen LogP contribution in [0.25, 0.3) is 0 Å². The molecule has 0 amide bonds. The van der Waals surface area contributed by atoms with Crippen molar-refractivity contribution in [1.82, 2.24) is 4.98 Å². The Morgan fingerprint density at radius 3 is 2.93 bits per heavy atom. The van der Waals surface area contributed by atoms with E-state index in [9.17, 15) is 10.1 Å². The molecule has 1 saturated carbocycles. The summed E-state index contributed by atoms with van der Waals surface area (Å²) in [6.07, 6.45) is 2.36. The Kier molecular flexibility index (Phi) is 2.73. The molecule has 1 fully saturated rings. The highest BCUT2D eigenvalue weighted by atomic mass is 35.5. The molecule has 1 aliphatic carbocycles. The number of rotatable bonds is 4. The molecule has 0 aromatic carbocycles. The van der Waals surface area contributed by atoms with E-state index < -0.39 is 4.92 Å². The van der Waals surface area contributed by atoms with Crippen molar-refractivity contribution in [1.29, 1.82) is 0 Å². The van der Waals surface area contributed by atoms with Crippen LogP contribution in [0.4, 0.5) is 11.5 Å². The van der Waals surface area contributed by atoms with Gasteiger partial charge in [-0.25, -0.2) is 4.98 Å². The summed E-state index contributed by atoms with van der Waals surface area (Å²) in [6.45, 7) is 0.730. The molecule has 1 heterocycles. The standard InChI is InChI=1S/C9H10ClN3O2/c10-8-4-3-7(13(14)15)9(12-8)11-5-6-1-2-6/h3-4,6H,1-2,5H2,(H,11,12). The predicted octanol–water partition coefficient (Wildman–Crippen LogP) is 2.47. The van der Waals surface area contributed by atoms with Gasteiger partial charge in [0.25, 0.3) is 0 Å². The van der Waals surface area contributed by atoms with Crippen molar-refractivity contribution in [3.8, 4) is 0 Å². The number of nitrogens with one attached hydrogen (secondary N) is 1. The first-order valence-corrected chi connectivity index (χ1v) is 5.09. The van der Waals surface area contributed by atoms with E-state index in [-0.39, 0.29) is 16.7 Å². The van der Waals surface area contributed by atoms with Gasteiger partial charge in [-0.3, -0.25) is 10.1 Å². The molecule has 1 aliphatic rings. The lowest BCUT2D eigenvalue weighted by molar-refractivity contribution is -0.384. The molecular weight excluding hydrogens is 218 g/mol. The molecule has 1 aromatic rings. The van der Waals surface area contributed by atoms with Crippen molar-refractivity contribution in [2.24, 2.45) is 5.92 Å². The van der Waals surface area contributed by atoms with Crippen molar-refractivity contribution in [3.63, 3.8) is 0 Å². The smallest absolute Gasteiger partial charge is 0.311 e. The van der Waals surface area contributed by atoms with Crippen LogP contribution in [0.15, 0.2) is 12.1 Å². The zero-order valence-corrected chi connectivity index (χ0v) is 8.70. The van der Waals surface area contributed by atoms with Crippen molar-refractivity contribution < 1.29 is 4.92 Å². The molecule has 15 heavy (non-hydrogen) atoms. The van der Waals surface area contributed by atoms with E-state index in [2.05, 4.69) is 10.3 Å². The monoisotopic (exact) mass is 227 g/mol. The first-order chi connectivity index (χ1) is 7.16. The van der Waals surface area contributed by atoms with Crippen LogP contribution in [0, 0.1) is 16.0 Å². The minimum Gasteiger partial charge on any atom is -0.364 e. The Morgan fingerprint density at radius 1 is 1.60 bits per heavy atom. The van der Waals surface area contributed by atoms with E-state index in [0.717, 1.165) is 6.54 Å². The third-order valence-corrected chi connectivity index (χ3v) is 2.50. The summed E-state index contributed by atoms with van der Waals surface area (Å²) >= 11 is 5.68. The molecule has 80 valence electrons. The van der Waals surface area contributed by atoms with Gasteiger partial charge in [0.1, 0.15) is 5.15 Å². The quantitative estimate of drug-likeness (QED) is 0.487. The molecule has 5 nitrogen and oxygen atoms in total. The maximum Gasteiger partial charge on any atom is 0.311 e. The topological polar surface area (TPSA) is 68.1 Å². The van der Waals surface area contributed by atoms with Crippen LogP contribution in [0.2, 0.25) is 5.15 Å². The molecular formula is C9H10ClN3O2. The Morgan fingerprint density at radius 2 is 2.33 bits per heavy atom. The van der Waals surface area contributed by atoms with Gasteiger partial charge in [-0.05, 0) is 24.8 Å². The number of halogens is 1. The van der Waals surface area contributed by atoms with Crippen LogP contribution >= 0.6 is 11.6 Å². The molecule has 2 rings (SSSR count). The fraction of sp³-hybridized carbons (Fsp3) is 0.444. The molecule has 0 saturated heterocycles. The zero-order chi connectivity index (χ0) is 10.8. The van der Waals surface area contributed by atoms with Crippen molar-refractivity contribution >= 4 is 23.1 Å². The molecule has 0 unspecified atom stereocenters. The lowest BCUT2D eigenvalue weighted by Crippen LogP contribution is -2.07. The number of hydrogen-bond acceptors (Lipinski definition) is 4. The molecule has 0 spiro atoms. The van der Waals surface area contributed by atoms with Gasteiger partial charge in [0.05, 0.1) is 4.92 Å². The summed E-state index contributed by atoms with van der Waals surface area (Å²) in [5.74, 6) is 0.893. The highest BCUT2D eigenvalue weighted by Gasteiger charge is 2.23. The number of nitro groups is 1. The van der Waals surface area contributed by atoms with Crippen LogP contribution < -0.4 is 5.32 Å². The molecule has 1 N–H and O–H groups in total. The second-order valence-electron chi connectivity index (χ2n) is 3.58. The van der Waals surface area contributed by atoms with Gasteiger partial charge in [-0.1, -0.05) is 11.6 Å². The predicted molar refractivity (Wildman–Crippen MR) is 57.1 cm³/mol. The van der Waals surface area contributed by atoms with E-state index in [4.69, 9.17) is 11.6 Å². The Balaban J connectivity index is 2.16. The maximum absolute atomic E-state index is 10.7. The van der Waals surface area contributed by atoms with Gasteiger partial charge < -0.3 is 5.32 Å². The van der Waals surface area contributed by atoms with Crippen LogP contribution in [0.5, 0.6) is 0 Å². The third kappa shape index (κ3) is 2.56. The van der Waals surface area contributed by atoms with E-state index in [1.165, 1.54) is 25.0 Å². The summed E-state index contributed by atoms with van der Waals surface area (Å²) in [5.41, 5.74) is -0.0277. The highest BCUT2D eigenvalue weighted by Crippen LogP contribution is 2.30. The van der Waals surface area contributed by atoms with Gasteiger partial charge in [0.15, 0.2) is 0 Å². The zero-order valence-electron chi connectivity index (χ0n) is 7.94. The van der Waals surface area contributed by atoms with Crippen LogP contribution in [0.1, 0.15) is 12.8 Å². The Bertz CT molecular complexity index is 393. The average Bonchev–Trinajstić information content (AvgIpc) is 2.97. The maximum atomic E-state index is 10.7. The summed E-state index contributed by atoms with van der Waals surface area (Å²) in [5, 5.41) is 13.9. The number of anilines is 1. The van der Waals surface area contributed by atoms with E-state index >= 15 is 0 Å². The van der Waals surface area contributed by atoms with E-state index in [0.29, 0.717) is 5.92 Å². The number of hydrogen-bond donors (Lipinski definition) is 1. The first-order valence-electron chi connectivity index (χ1n) is 4.71. The van der Waals surface area contributed by atoms with Crippen LogP contribution in [-0.2, 0) is 0 Å². The molecule has 0 aliphatic heterocycles. The fourth-order valence-electron chi connectivity index (χ4n) is 1.27. The normalized spacial score (nSPS) is 15.0. The van der Waals surface area contributed by atoms with Gasteiger partial charge in [-0.15, -0.1) is 0 Å². The fourth-order valence-corrected chi connectivity index (χ4v) is 1.42. The number of pyridine rings is 1. The van der Waals surface area contributed by atoms with Gasteiger partial charge >= 0.3 is 5.69 Å². The Labute approximate surface area is 91.6 Å². The van der Waals surface area contributed by atoms with Crippen LogP contribution in [-0.4, -0.2) is 16.5 Å². The van der Waals surface area contributed by atoms with Crippen molar-refractivity contribution in [3.05, 3.63) is 27.4 Å². The van der Waals surface area contributed by atoms with Crippen molar-refractivity contribution in [2.75, 3.05) is 11.9 Å². The Hall–Kier alpha value is -1.36. The summed E-state index contributed by atoms with van der Waals surface area (Å²) in [6, 6.07) is 2.78. The lowest BCUT2D eigenvalue weighted by Gasteiger charge is -2.04. The lowest BCUT2D eigenvalue weighted by atomic mass is 10.3. The second kappa shape index (κ2) is 4.02.